The van der Waals surface area contributed by atoms with Crippen molar-refractivity contribution in [2.45, 2.75) is 54.8 Å². The van der Waals surface area contributed by atoms with Gasteiger partial charge in [0.05, 0.1) is 34.4 Å². The van der Waals surface area contributed by atoms with Crippen LogP contribution in [-0.2, 0) is 20.0 Å². The van der Waals surface area contributed by atoms with Crippen molar-refractivity contribution in [3.8, 4) is 0 Å². The van der Waals surface area contributed by atoms with Gasteiger partial charge in [0.15, 0.2) is 17.1 Å². The van der Waals surface area contributed by atoms with Crippen molar-refractivity contribution in [2.75, 3.05) is 13.1 Å². The summed E-state index contributed by atoms with van der Waals surface area (Å²) in [6, 6.07) is 6.76. The van der Waals surface area contributed by atoms with Gasteiger partial charge in [-0.2, -0.15) is 0 Å². The summed E-state index contributed by atoms with van der Waals surface area (Å²) < 4.78 is 84.1. The molecular formula is C23H25F2N7O4S2. The average Bonchev–Trinajstić information content (AvgIpc) is 3.33. The van der Waals surface area contributed by atoms with Crippen LogP contribution in [-0.4, -0.2) is 76.1 Å². The number of aromatic nitrogens is 5. The third-order valence-electron chi connectivity index (χ3n) is 7.01. The molecule has 202 valence electrons. The molecule has 2 fully saturated rings. The van der Waals surface area contributed by atoms with E-state index in [1.165, 1.54) is 29.4 Å². The van der Waals surface area contributed by atoms with Gasteiger partial charge >= 0.3 is 0 Å². The molecule has 0 bridgehead atoms. The fraction of sp³-hybridized carbons (Fsp3) is 0.435. The second kappa shape index (κ2) is 9.03. The first-order chi connectivity index (χ1) is 18.0. The highest BCUT2D eigenvalue weighted by Crippen LogP contribution is 2.35. The Morgan fingerprint density at radius 1 is 1.08 bits per heavy atom. The van der Waals surface area contributed by atoms with E-state index >= 15 is 0 Å². The van der Waals surface area contributed by atoms with Gasteiger partial charge in [-0.1, -0.05) is 17.7 Å². The van der Waals surface area contributed by atoms with Gasteiger partial charge in [-0.05, 0) is 44.4 Å². The lowest BCUT2D eigenvalue weighted by molar-refractivity contribution is 0.0799. The highest BCUT2D eigenvalue weighted by molar-refractivity contribution is 7.90. The van der Waals surface area contributed by atoms with Gasteiger partial charge in [0.1, 0.15) is 0 Å². The fourth-order valence-electron chi connectivity index (χ4n) is 5.03. The molecule has 4 heterocycles. The van der Waals surface area contributed by atoms with Gasteiger partial charge in [-0.25, -0.2) is 39.3 Å². The lowest BCUT2D eigenvalue weighted by atomic mass is 10.1. The minimum absolute atomic E-state index is 0.0902. The minimum atomic E-state index is -3.97. The van der Waals surface area contributed by atoms with Crippen LogP contribution in [0.1, 0.15) is 36.7 Å². The fourth-order valence-corrected chi connectivity index (χ4v) is 7.91. The maximum absolute atomic E-state index is 13.5. The van der Waals surface area contributed by atoms with E-state index in [4.69, 9.17) is 0 Å². The summed E-state index contributed by atoms with van der Waals surface area (Å²) in [7, 11) is -7.49. The summed E-state index contributed by atoms with van der Waals surface area (Å²) in [5, 5.41) is 7.97. The van der Waals surface area contributed by atoms with Gasteiger partial charge < -0.3 is 0 Å². The first kappa shape index (κ1) is 25.3. The van der Waals surface area contributed by atoms with Crippen LogP contribution in [0.15, 0.2) is 47.6 Å². The maximum Gasteiger partial charge on any atom is 0.269 e. The lowest BCUT2D eigenvalue weighted by Gasteiger charge is -2.22. The van der Waals surface area contributed by atoms with E-state index in [1.807, 2.05) is 6.92 Å². The third kappa shape index (κ3) is 4.36. The molecule has 11 nitrogen and oxygen atoms in total. The molecule has 4 aromatic rings. The SMILES string of the molecule is Cc1ccc(S(=O)(=O)n2ccc3c2ncc2nnc([C@H]4C[C@@H](NS(=O)(=O)C5CC5)CN4CC(F)F)n23)cc1. The number of likely N-dealkylation sites (tertiary alicyclic amines) is 1. The van der Waals surface area contributed by atoms with E-state index in [-0.39, 0.29) is 23.5 Å². The van der Waals surface area contributed by atoms with Gasteiger partial charge in [0.2, 0.25) is 10.0 Å². The number of fused-ring (bicyclic) bond motifs is 3. The Hall–Kier alpha value is -3.01. The molecule has 1 saturated heterocycles. The standard InChI is InChI=1S/C23H25F2N7O4S2/c1-14-2-4-17(5-3-14)38(35,36)31-9-8-18-22(31)26-11-21-27-28-23(32(18)21)19-10-15(12-30(19)13-20(24)25)29-37(33,34)16-6-7-16/h2-5,8-9,11,15-16,19-20,29H,6-7,10,12-13H2,1H3/t15-,19-/m1/s1. The Morgan fingerprint density at radius 3 is 2.50 bits per heavy atom. The molecule has 6 rings (SSSR count). The topological polar surface area (TPSA) is 132 Å². The molecule has 3 aromatic heterocycles. The third-order valence-corrected chi connectivity index (χ3v) is 10.7. The number of halogens is 2. The Kier molecular flexibility index (Phi) is 6.01. The number of hydrogen-bond acceptors (Lipinski definition) is 8. The van der Waals surface area contributed by atoms with Gasteiger partial charge in [0.25, 0.3) is 16.4 Å². The molecule has 15 heteroatoms. The van der Waals surface area contributed by atoms with Crippen molar-refractivity contribution in [1.29, 1.82) is 0 Å². The number of aryl methyl sites for hydroxylation is 1. The van der Waals surface area contributed by atoms with Gasteiger partial charge in [-0.15, -0.1) is 10.2 Å². The largest absolute Gasteiger partial charge is 0.286 e. The Balaban J connectivity index is 1.41. The maximum atomic E-state index is 13.5. The zero-order valence-corrected chi connectivity index (χ0v) is 21.9. The van der Waals surface area contributed by atoms with Crippen molar-refractivity contribution in [1.82, 2.24) is 33.2 Å². The number of nitrogens with one attached hydrogen (secondary N) is 1. The normalized spacial score (nSPS) is 21.3. The predicted molar refractivity (Wildman–Crippen MR) is 134 cm³/mol. The van der Waals surface area contributed by atoms with Crippen molar-refractivity contribution >= 4 is 36.9 Å². The van der Waals surface area contributed by atoms with Crippen LogP contribution in [0, 0.1) is 6.92 Å². The monoisotopic (exact) mass is 565 g/mol. The summed E-state index contributed by atoms with van der Waals surface area (Å²) in [5.74, 6) is 0.312. The first-order valence-corrected chi connectivity index (χ1v) is 15.1. The first-order valence-electron chi connectivity index (χ1n) is 12.1. The molecule has 1 N–H and O–H groups in total. The molecule has 2 aliphatic rings. The van der Waals surface area contributed by atoms with E-state index in [1.54, 1.807) is 22.6 Å². The molecule has 1 aliphatic carbocycles. The Bertz CT molecular complexity index is 1730. The number of nitrogens with zero attached hydrogens (tertiary/aromatic N) is 6. The van der Waals surface area contributed by atoms with Crippen molar-refractivity contribution in [3.05, 3.63) is 54.1 Å². The van der Waals surface area contributed by atoms with Crippen LogP contribution in [0.5, 0.6) is 0 Å². The van der Waals surface area contributed by atoms with Gasteiger partial charge in [0, 0.05) is 18.8 Å². The quantitative estimate of drug-likeness (QED) is 0.344. The molecule has 0 amide bonds. The molecule has 1 aliphatic heterocycles. The van der Waals surface area contributed by atoms with E-state index in [9.17, 15) is 25.6 Å². The lowest BCUT2D eigenvalue weighted by Crippen LogP contribution is -2.39. The van der Waals surface area contributed by atoms with E-state index < -0.39 is 50.4 Å². The second-order valence-corrected chi connectivity index (χ2v) is 13.6. The zero-order valence-electron chi connectivity index (χ0n) is 20.3. The minimum Gasteiger partial charge on any atom is -0.286 e. The summed E-state index contributed by atoms with van der Waals surface area (Å²) in [6.07, 6.45) is 1.51. The Labute approximate surface area is 217 Å². The van der Waals surface area contributed by atoms with Crippen LogP contribution in [0.3, 0.4) is 0 Å². The van der Waals surface area contributed by atoms with E-state index in [0.717, 1.165) is 9.54 Å². The zero-order chi connectivity index (χ0) is 26.8. The molecule has 0 unspecified atom stereocenters. The molecule has 1 aromatic carbocycles. The van der Waals surface area contributed by atoms with Crippen molar-refractivity contribution in [3.63, 3.8) is 0 Å². The van der Waals surface area contributed by atoms with E-state index in [0.29, 0.717) is 29.8 Å². The second-order valence-electron chi connectivity index (χ2n) is 9.80. The highest BCUT2D eigenvalue weighted by atomic mass is 32.2. The molecule has 38 heavy (non-hydrogen) atoms. The summed E-state index contributed by atoms with van der Waals surface area (Å²) in [4.78, 5) is 5.90. The van der Waals surface area contributed by atoms with Crippen LogP contribution in [0.2, 0.25) is 0 Å². The predicted octanol–water partition coefficient (Wildman–Crippen LogP) is 2.09. The summed E-state index contributed by atoms with van der Waals surface area (Å²) >= 11 is 0. The average molecular weight is 566 g/mol. The smallest absolute Gasteiger partial charge is 0.269 e. The number of benzene rings is 1. The van der Waals surface area contributed by atoms with Crippen LogP contribution in [0.25, 0.3) is 16.8 Å². The number of sulfonamides is 1. The number of rotatable bonds is 8. The van der Waals surface area contributed by atoms with Crippen LogP contribution < -0.4 is 4.72 Å². The molecule has 0 spiro atoms. The highest BCUT2D eigenvalue weighted by Gasteiger charge is 2.42. The van der Waals surface area contributed by atoms with Crippen LogP contribution >= 0.6 is 0 Å². The molecular weight excluding hydrogens is 540 g/mol. The molecule has 2 atom stereocenters. The van der Waals surface area contributed by atoms with E-state index in [2.05, 4.69) is 19.9 Å². The van der Waals surface area contributed by atoms with Crippen molar-refractivity contribution in [2.24, 2.45) is 0 Å². The molecule has 1 saturated carbocycles. The number of alkyl halides is 2. The Morgan fingerprint density at radius 2 is 1.82 bits per heavy atom. The van der Waals surface area contributed by atoms with Crippen molar-refractivity contribution < 1.29 is 25.6 Å². The number of hydrogen-bond donors (Lipinski definition) is 1. The van der Waals surface area contributed by atoms with Gasteiger partial charge in [-0.3, -0.25) is 9.30 Å². The molecule has 0 radical (unpaired) electrons. The van der Waals surface area contributed by atoms with Crippen LogP contribution in [0.4, 0.5) is 8.78 Å². The summed E-state index contributed by atoms with van der Waals surface area (Å²) in [5.41, 5.74) is 1.75. The summed E-state index contributed by atoms with van der Waals surface area (Å²) in [6.45, 7) is 1.38.